The average Bonchev–Trinajstić information content (AvgIpc) is 2.80. The number of carbonyl (C=O) groups excluding carboxylic acids is 1. The van der Waals surface area contributed by atoms with Crippen LogP contribution < -0.4 is 15.5 Å². The van der Waals surface area contributed by atoms with E-state index in [4.69, 9.17) is 0 Å². The van der Waals surface area contributed by atoms with Gasteiger partial charge in [-0.3, -0.25) is 9.78 Å². The van der Waals surface area contributed by atoms with Crippen LogP contribution in [-0.4, -0.2) is 42.1 Å². The number of anilines is 1. The van der Waals surface area contributed by atoms with E-state index in [1.807, 2.05) is 36.4 Å². The number of hydrogen-bond acceptors (Lipinski definition) is 5. The van der Waals surface area contributed by atoms with Crippen LogP contribution in [0.25, 0.3) is 0 Å². The van der Waals surface area contributed by atoms with Gasteiger partial charge in [-0.15, -0.1) is 0 Å². The minimum Gasteiger partial charge on any atom is -0.353 e. The third-order valence-electron chi connectivity index (χ3n) is 5.10. The van der Waals surface area contributed by atoms with E-state index in [9.17, 15) is 4.79 Å². The predicted octanol–water partition coefficient (Wildman–Crippen LogP) is 2.60. The molecule has 0 radical (unpaired) electrons. The lowest BCUT2D eigenvalue weighted by Crippen LogP contribution is -2.47. The van der Waals surface area contributed by atoms with Crippen LogP contribution in [-0.2, 0) is 6.42 Å². The first kappa shape index (κ1) is 19.1. The van der Waals surface area contributed by atoms with Crippen LogP contribution in [0.5, 0.6) is 0 Å². The number of aromatic nitrogens is 2. The minimum absolute atomic E-state index is 0.0983. The number of nitrogens with one attached hydrogen (secondary N) is 2. The van der Waals surface area contributed by atoms with Crippen LogP contribution in [0, 0.1) is 0 Å². The number of amides is 1. The molecule has 3 heterocycles. The van der Waals surface area contributed by atoms with Crippen molar-refractivity contribution >= 4 is 11.7 Å². The molecule has 1 aliphatic rings. The van der Waals surface area contributed by atoms with Crippen molar-refractivity contribution in [3.63, 3.8) is 0 Å². The fraction of sp³-hybridized carbons (Fsp3) is 0.261. The molecular weight excluding hydrogens is 362 g/mol. The van der Waals surface area contributed by atoms with Crippen LogP contribution in [0.3, 0.4) is 0 Å². The lowest BCUT2D eigenvalue weighted by atomic mass is 10.0. The smallest absolute Gasteiger partial charge is 0.255 e. The van der Waals surface area contributed by atoms with Crippen molar-refractivity contribution in [1.82, 2.24) is 20.6 Å². The van der Waals surface area contributed by atoms with E-state index >= 15 is 0 Å². The van der Waals surface area contributed by atoms with Gasteiger partial charge in [0.15, 0.2) is 0 Å². The minimum atomic E-state index is -0.0983. The molecule has 1 aliphatic heterocycles. The van der Waals surface area contributed by atoms with Gasteiger partial charge in [0.05, 0.1) is 5.56 Å². The Bertz CT molecular complexity index is 932. The van der Waals surface area contributed by atoms with Gasteiger partial charge in [0.2, 0.25) is 0 Å². The van der Waals surface area contributed by atoms with Gasteiger partial charge in [-0.1, -0.05) is 36.4 Å². The Hall–Kier alpha value is -3.25. The fourth-order valence-electron chi connectivity index (χ4n) is 3.62. The second kappa shape index (κ2) is 9.30. The average molecular weight is 387 g/mol. The van der Waals surface area contributed by atoms with Gasteiger partial charge in [0, 0.05) is 56.7 Å². The molecule has 0 unspecified atom stereocenters. The summed E-state index contributed by atoms with van der Waals surface area (Å²) in [7, 11) is 0. The molecular formula is C23H25N5O. The summed E-state index contributed by atoms with van der Waals surface area (Å²) in [6.45, 7) is 2.97. The monoisotopic (exact) mass is 387 g/mol. The van der Waals surface area contributed by atoms with Gasteiger partial charge < -0.3 is 15.5 Å². The van der Waals surface area contributed by atoms with Gasteiger partial charge in [-0.2, -0.15) is 0 Å². The van der Waals surface area contributed by atoms with Crippen molar-refractivity contribution in [1.29, 1.82) is 0 Å². The highest BCUT2D eigenvalue weighted by Crippen LogP contribution is 2.23. The molecule has 3 aromatic rings. The summed E-state index contributed by atoms with van der Waals surface area (Å²) >= 11 is 0. The molecule has 1 atom stereocenters. The summed E-state index contributed by atoms with van der Waals surface area (Å²) in [6, 6.07) is 20.1. The van der Waals surface area contributed by atoms with E-state index in [0.717, 1.165) is 31.1 Å². The number of piperazine rings is 1. The Balaban J connectivity index is 1.44. The number of pyridine rings is 2. The number of nitrogens with zero attached hydrogens (tertiary/aromatic N) is 3. The maximum Gasteiger partial charge on any atom is 0.255 e. The fourth-order valence-corrected chi connectivity index (χ4v) is 3.62. The molecule has 6 heteroatoms. The second-order valence-corrected chi connectivity index (χ2v) is 7.06. The molecule has 0 spiro atoms. The molecule has 1 saturated heterocycles. The molecule has 29 heavy (non-hydrogen) atoms. The van der Waals surface area contributed by atoms with Crippen molar-refractivity contribution in [2.24, 2.45) is 0 Å². The standard InChI is InChI=1S/C23H25N5O/c29-23(27-14-11-19-9-4-5-12-24-19)20-10-6-13-26-22(20)28-16-15-25-21(17-28)18-7-2-1-3-8-18/h1-10,12-13,21,25H,11,14-17H2,(H,27,29)/t21-/m0/s1. The van der Waals surface area contributed by atoms with Crippen LogP contribution in [0.2, 0.25) is 0 Å². The quantitative estimate of drug-likeness (QED) is 0.680. The number of benzene rings is 1. The van der Waals surface area contributed by atoms with E-state index in [1.165, 1.54) is 5.56 Å². The van der Waals surface area contributed by atoms with Crippen LogP contribution >= 0.6 is 0 Å². The molecule has 0 aliphatic carbocycles. The molecule has 6 nitrogen and oxygen atoms in total. The Labute approximate surface area is 171 Å². The lowest BCUT2D eigenvalue weighted by Gasteiger charge is -2.35. The van der Waals surface area contributed by atoms with Gasteiger partial charge >= 0.3 is 0 Å². The van der Waals surface area contributed by atoms with Gasteiger partial charge in [-0.25, -0.2) is 4.98 Å². The Kier molecular flexibility index (Phi) is 6.12. The second-order valence-electron chi connectivity index (χ2n) is 7.06. The van der Waals surface area contributed by atoms with E-state index in [2.05, 4.69) is 49.8 Å². The van der Waals surface area contributed by atoms with Gasteiger partial charge in [0.1, 0.15) is 5.82 Å². The highest BCUT2D eigenvalue weighted by molar-refractivity contribution is 5.98. The molecule has 1 amide bonds. The van der Waals surface area contributed by atoms with E-state index in [1.54, 1.807) is 12.4 Å². The Morgan fingerprint density at radius 3 is 2.69 bits per heavy atom. The maximum atomic E-state index is 12.8. The van der Waals surface area contributed by atoms with Crippen LogP contribution in [0.1, 0.15) is 27.7 Å². The predicted molar refractivity (Wildman–Crippen MR) is 114 cm³/mol. The molecule has 1 aromatic carbocycles. The highest BCUT2D eigenvalue weighted by Gasteiger charge is 2.24. The molecule has 2 aromatic heterocycles. The normalized spacial score (nSPS) is 16.4. The Morgan fingerprint density at radius 2 is 1.86 bits per heavy atom. The maximum absolute atomic E-state index is 12.8. The summed E-state index contributed by atoms with van der Waals surface area (Å²) in [6.07, 6.45) is 4.22. The van der Waals surface area contributed by atoms with Crippen molar-refractivity contribution in [2.45, 2.75) is 12.5 Å². The van der Waals surface area contributed by atoms with Crippen molar-refractivity contribution in [2.75, 3.05) is 31.1 Å². The van der Waals surface area contributed by atoms with Gasteiger partial charge in [-0.05, 0) is 29.8 Å². The zero-order valence-corrected chi connectivity index (χ0v) is 16.3. The molecule has 2 N–H and O–H groups in total. The number of hydrogen-bond donors (Lipinski definition) is 2. The zero-order valence-electron chi connectivity index (χ0n) is 16.3. The van der Waals surface area contributed by atoms with E-state index in [0.29, 0.717) is 18.5 Å². The number of carbonyl (C=O) groups is 1. The summed E-state index contributed by atoms with van der Waals surface area (Å²) in [5.41, 5.74) is 2.82. The third-order valence-corrected chi connectivity index (χ3v) is 5.10. The first-order chi connectivity index (χ1) is 14.3. The summed E-state index contributed by atoms with van der Waals surface area (Å²) in [5, 5.41) is 6.57. The van der Waals surface area contributed by atoms with Crippen molar-refractivity contribution < 1.29 is 4.79 Å². The van der Waals surface area contributed by atoms with Crippen LogP contribution in [0.4, 0.5) is 5.82 Å². The molecule has 0 bridgehead atoms. The lowest BCUT2D eigenvalue weighted by molar-refractivity contribution is 0.0954. The first-order valence-electron chi connectivity index (χ1n) is 9.97. The van der Waals surface area contributed by atoms with E-state index in [-0.39, 0.29) is 11.9 Å². The molecule has 0 saturated carbocycles. The SMILES string of the molecule is O=C(NCCc1ccccn1)c1cccnc1N1CCN[C@H](c2ccccc2)C1. The molecule has 148 valence electrons. The van der Waals surface area contributed by atoms with E-state index < -0.39 is 0 Å². The first-order valence-corrected chi connectivity index (χ1v) is 9.97. The van der Waals surface area contributed by atoms with Crippen molar-refractivity contribution in [3.8, 4) is 0 Å². The summed E-state index contributed by atoms with van der Waals surface area (Å²) in [4.78, 5) is 23.9. The molecule has 4 rings (SSSR count). The van der Waals surface area contributed by atoms with Crippen LogP contribution in [0.15, 0.2) is 73.1 Å². The third kappa shape index (κ3) is 4.78. The summed E-state index contributed by atoms with van der Waals surface area (Å²) < 4.78 is 0. The highest BCUT2D eigenvalue weighted by atomic mass is 16.1. The largest absolute Gasteiger partial charge is 0.353 e. The van der Waals surface area contributed by atoms with Gasteiger partial charge in [0.25, 0.3) is 5.91 Å². The zero-order chi connectivity index (χ0) is 19.9. The Morgan fingerprint density at radius 1 is 1.03 bits per heavy atom. The topological polar surface area (TPSA) is 70.2 Å². The number of rotatable bonds is 6. The molecule has 1 fully saturated rings. The summed E-state index contributed by atoms with van der Waals surface area (Å²) in [5.74, 6) is 0.643. The van der Waals surface area contributed by atoms with Crippen molar-refractivity contribution in [3.05, 3.63) is 89.9 Å².